The number of aliphatic hydroxyl groups excluding tert-OH is 1. The van der Waals surface area contributed by atoms with Crippen molar-refractivity contribution >= 4 is 8.32 Å². The average molecular weight is 385 g/mol. The molecule has 0 spiro atoms. The van der Waals surface area contributed by atoms with Gasteiger partial charge in [0.15, 0.2) is 8.32 Å². The van der Waals surface area contributed by atoms with E-state index in [2.05, 4.69) is 54.6 Å². The predicted octanol–water partition coefficient (Wildman–Crippen LogP) is 5.36. The van der Waals surface area contributed by atoms with Gasteiger partial charge < -0.3 is 14.6 Å². The molecular formula is C22H44O3Si. The summed E-state index contributed by atoms with van der Waals surface area (Å²) in [5.74, 6) is 0.554. The fourth-order valence-corrected chi connectivity index (χ4v) is 7.59. The molecule has 0 amide bonds. The molecule has 2 aliphatic rings. The SMILES string of the molecule is CC1(C)CCC[C@]2(C)[C@@H](CCO)[C@](C)(O)C[C@H](O[Si](C)(C)C(C)(C)C)[C@@H]12. The van der Waals surface area contributed by atoms with Crippen molar-refractivity contribution in [2.24, 2.45) is 22.7 Å². The first-order valence-electron chi connectivity index (χ1n) is 10.6. The maximum atomic E-state index is 11.4. The maximum absolute atomic E-state index is 11.4. The van der Waals surface area contributed by atoms with Crippen molar-refractivity contribution < 1.29 is 14.6 Å². The van der Waals surface area contributed by atoms with Crippen LogP contribution in [0.3, 0.4) is 0 Å². The smallest absolute Gasteiger partial charge is 0.192 e. The molecule has 2 rings (SSSR count). The van der Waals surface area contributed by atoms with Crippen molar-refractivity contribution in [1.29, 1.82) is 0 Å². The number of hydrogen-bond acceptors (Lipinski definition) is 3. The van der Waals surface area contributed by atoms with Crippen LogP contribution in [-0.2, 0) is 4.43 Å². The number of hydrogen-bond donors (Lipinski definition) is 2. The summed E-state index contributed by atoms with van der Waals surface area (Å²) in [6.45, 7) is 20.8. The van der Waals surface area contributed by atoms with Gasteiger partial charge >= 0.3 is 0 Å². The second-order valence-corrected chi connectivity index (χ2v) is 16.6. The Kier molecular flexibility index (Phi) is 5.90. The molecule has 4 heteroatoms. The van der Waals surface area contributed by atoms with E-state index in [-0.39, 0.29) is 34.5 Å². The molecule has 0 aromatic heterocycles. The third-order valence-electron chi connectivity index (χ3n) is 8.29. The van der Waals surface area contributed by atoms with E-state index in [0.29, 0.717) is 18.8 Å². The van der Waals surface area contributed by atoms with Crippen molar-refractivity contribution in [2.75, 3.05) is 6.61 Å². The zero-order chi connectivity index (χ0) is 20.2. The van der Waals surface area contributed by atoms with E-state index in [1.54, 1.807) is 0 Å². The molecular weight excluding hydrogens is 340 g/mol. The van der Waals surface area contributed by atoms with Gasteiger partial charge in [0.1, 0.15) is 0 Å². The Morgan fingerprint density at radius 2 is 1.65 bits per heavy atom. The van der Waals surface area contributed by atoms with E-state index in [0.717, 1.165) is 6.42 Å². The first kappa shape index (κ1) is 22.4. The molecule has 2 aliphatic carbocycles. The molecule has 2 fully saturated rings. The third kappa shape index (κ3) is 3.81. The van der Waals surface area contributed by atoms with Crippen LogP contribution in [0.2, 0.25) is 18.1 Å². The van der Waals surface area contributed by atoms with Gasteiger partial charge in [-0.3, -0.25) is 0 Å². The van der Waals surface area contributed by atoms with Gasteiger partial charge in [0.2, 0.25) is 0 Å². The second kappa shape index (κ2) is 6.86. The van der Waals surface area contributed by atoms with Crippen molar-refractivity contribution in [2.45, 2.75) is 110 Å². The highest BCUT2D eigenvalue weighted by Gasteiger charge is 2.62. The highest BCUT2D eigenvalue weighted by molar-refractivity contribution is 6.74. The zero-order valence-corrected chi connectivity index (χ0v) is 19.8. The lowest BCUT2D eigenvalue weighted by molar-refractivity contribution is -0.212. The Hall–Kier alpha value is 0.0969. The van der Waals surface area contributed by atoms with Gasteiger partial charge in [0, 0.05) is 13.0 Å². The topological polar surface area (TPSA) is 49.7 Å². The summed E-state index contributed by atoms with van der Waals surface area (Å²) < 4.78 is 6.99. The molecule has 0 radical (unpaired) electrons. The van der Waals surface area contributed by atoms with Crippen LogP contribution in [-0.4, -0.2) is 36.8 Å². The van der Waals surface area contributed by atoms with Gasteiger partial charge in [-0.25, -0.2) is 0 Å². The minimum atomic E-state index is -1.93. The molecule has 0 heterocycles. The highest BCUT2D eigenvalue weighted by Crippen LogP contribution is 2.63. The molecule has 0 aromatic carbocycles. The van der Waals surface area contributed by atoms with E-state index in [1.165, 1.54) is 12.8 Å². The lowest BCUT2D eigenvalue weighted by atomic mass is 9.44. The Balaban J connectivity index is 2.49. The monoisotopic (exact) mass is 384 g/mol. The van der Waals surface area contributed by atoms with Crippen molar-refractivity contribution in [1.82, 2.24) is 0 Å². The first-order valence-corrected chi connectivity index (χ1v) is 13.5. The molecule has 0 aromatic rings. The third-order valence-corrected chi connectivity index (χ3v) is 12.8. The summed E-state index contributed by atoms with van der Waals surface area (Å²) in [5.41, 5.74) is -0.571. The van der Waals surface area contributed by atoms with Gasteiger partial charge in [-0.05, 0) is 67.0 Å². The lowest BCUT2D eigenvalue weighted by Crippen LogP contribution is -2.65. The van der Waals surface area contributed by atoms with E-state index in [4.69, 9.17) is 4.43 Å². The zero-order valence-electron chi connectivity index (χ0n) is 18.8. The van der Waals surface area contributed by atoms with Crippen LogP contribution in [0.15, 0.2) is 0 Å². The van der Waals surface area contributed by atoms with Gasteiger partial charge in [0.05, 0.1) is 11.7 Å². The highest BCUT2D eigenvalue weighted by atomic mass is 28.4. The predicted molar refractivity (Wildman–Crippen MR) is 112 cm³/mol. The van der Waals surface area contributed by atoms with Crippen LogP contribution in [0.5, 0.6) is 0 Å². The summed E-state index contributed by atoms with van der Waals surface area (Å²) in [6.07, 6.45) is 5.01. The molecule has 0 saturated heterocycles. The summed E-state index contributed by atoms with van der Waals surface area (Å²) >= 11 is 0. The lowest BCUT2D eigenvalue weighted by Gasteiger charge is -2.64. The average Bonchev–Trinajstić information content (AvgIpc) is 2.39. The Labute approximate surface area is 163 Å². The van der Waals surface area contributed by atoms with Gasteiger partial charge in [-0.15, -0.1) is 0 Å². The summed E-state index contributed by atoms with van der Waals surface area (Å²) in [6, 6.07) is 0. The van der Waals surface area contributed by atoms with Crippen LogP contribution < -0.4 is 0 Å². The molecule has 26 heavy (non-hydrogen) atoms. The van der Waals surface area contributed by atoms with E-state index < -0.39 is 13.9 Å². The van der Waals surface area contributed by atoms with Crippen molar-refractivity contribution in [3.8, 4) is 0 Å². The van der Waals surface area contributed by atoms with Gasteiger partial charge in [-0.2, -0.15) is 0 Å². The molecule has 5 atom stereocenters. The Bertz CT molecular complexity index is 506. The van der Waals surface area contributed by atoms with E-state index in [1.807, 2.05) is 6.92 Å². The minimum absolute atomic E-state index is 0.0132. The van der Waals surface area contributed by atoms with Crippen molar-refractivity contribution in [3.05, 3.63) is 0 Å². The molecule has 0 aliphatic heterocycles. The van der Waals surface area contributed by atoms with Crippen LogP contribution in [0, 0.1) is 22.7 Å². The summed E-state index contributed by atoms with van der Waals surface area (Å²) in [5, 5.41) is 21.3. The quantitative estimate of drug-likeness (QED) is 0.641. The van der Waals surface area contributed by atoms with Gasteiger partial charge in [0.25, 0.3) is 0 Å². The molecule has 154 valence electrons. The van der Waals surface area contributed by atoms with Crippen LogP contribution in [0.1, 0.15) is 80.6 Å². The molecule has 0 unspecified atom stereocenters. The second-order valence-electron chi connectivity index (χ2n) is 11.9. The molecule has 0 bridgehead atoms. The van der Waals surface area contributed by atoms with Crippen LogP contribution in [0.4, 0.5) is 0 Å². The maximum Gasteiger partial charge on any atom is 0.192 e. The van der Waals surface area contributed by atoms with Crippen LogP contribution >= 0.6 is 0 Å². The Morgan fingerprint density at radius 3 is 2.15 bits per heavy atom. The summed E-state index contributed by atoms with van der Waals surface area (Å²) in [4.78, 5) is 0. The number of aliphatic hydroxyl groups is 2. The van der Waals surface area contributed by atoms with E-state index >= 15 is 0 Å². The van der Waals surface area contributed by atoms with E-state index in [9.17, 15) is 10.2 Å². The normalized spacial score (nSPS) is 41.0. The fourth-order valence-electron chi connectivity index (χ4n) is 6.26. The number of rotatable bonds is 4. The number of fused-ring (bicyclic) bond motifs is 1. The van der Waals surface area contributed by atoms with Crippen LogP contribution in [0.25, 0.3) is 0 Å². The van der Waals surface area contributed by atoms with Crippen molar-refractivity contribution in [3.63, 3.8) is 0 Å². The largest absolute Gasteiger partial charge is 0.414 e. The summed E-state index contributed by atoms with van der Waals surface area (Å²) in [7, 11) is -1.93. The minimum Gasteiger partial charge on any atom is -0.414 e. The first-order chi connectivity index (χ1) is 11.6. The van der Waals surface area contributed by atoms with Gasteiger partial charge in [-0.1, -0.05) is 48.0 Å². The standard InChI is InChI=1S/C22H44O3Si/c1-19(2,3)26(8,9)25-16-15-22(7,24)17(11-14-23)21(6)13-10-12-20(4,5)18(16)21/h16-18,23-24H,10-15H2,1-9H3/t16-,17+,18-,21+,22+/m0/s1. The Morgan fingerprint density at radius 1 is 1.08 bits per heavy atom. The molecule has 2 N–H and O–H groups in total. The molecule has 3 nitrogen and oxygen atoms in total. The molecule has 2 saturated carbocycles. The fraction of sp³-hybridized carbons (Fsp3) is 1.00.